The maximum Gasteiger partial charge on any atom is 0.411 e. The van der Waals surface area contributed by atoms with Crippen LogP contribution in [0.15, 0.2) is 27.9 Å². The molecule has 158 valence electrons. The fraction of sp³-hybridized carbons (Fsp3) is 0.571. The number of halogens is 6. The number of nitrogens with zero attached hydrogens (tertiary/aromatic N) is 1. The highest BCUT2D eigenvalue weighted by Crippen LogP contribution is 2.26. The smallest absolute Gasteiger partial charge is 0.393 e. The molecule has 0 aliphatic carbocycles. The molecule has 0 fully saturated rings. The van der Waals surface area contributed by atoms with E-state index in [0.717, 1.165) is 0 Å². The third kappa shape index (κ3) is 6.19. The number of nitrogens with one attached hydrogen (secondary N) is 1. The van der Waals surface area contributed by atoms with E-state index in [1.807, 2.05) is 0 Å². The lowest BCUT2D eigenvalue weighted by atomic mass is 10.3. The van der Waals surface area contributed by atoms with Gasteiger partial charge in [-0.15, -0.1) is 0 Å². The molecule has 1 aromatic rings. The van der Waals surface area contributed by atoms with Gasteiger partial charge >= 0.3 is 18.0 Å². The van der Waals surface area contributed by atoms with E-state index in [0.29, 0.717) is 10.8 Å². The Hall–Kier alpha value is -2.16. The Morgan fingerprint density at radius 1 is 1.11 bits per heavy atom. The minimum absolute atomic E-state index is 0.441. The van der Waals surface area contributed by atoms with Crippen LogP contribution in [-0.2, 0) is 14.2 Å². The lowest BCUT2D eigenvalue weighted by Gasteiger charge is -2.21. The number of aliphatic hydroxyl groups is 1. The summed E-state index contributed by atoms with van der Waals surface area (Å²) in [5.74, 6) is 0. The van der Waals surface area contributed by atoms with E-state index in [2.05, 4.69) is 9.47 Å². The van der Waals surface area contributed by atoms with Gasteiger partial charge in [0.05, 0.1) is 12.2 Å². The van der Waals surface area contributed by atoms with Gasteiger partial charge in [0.2, 0.25) is 0 Å². The monoisotopic (exact) mass is 420 g/mol. The van der Waals surface area contributed by atoms with Crippen molar-refractivity contribution in [3.63, 3.8) is 0 Å². The number of alkyl halides is 6. The van der Waals surface area contributed by atoms with Crippen molar-refractivity contribution in [2.24, 2.45) is 0 Å². The fourth-order valence-corrected chi connectivity index (χ4v) is 2.18. The lowest BCUT2D eigenvalue weighted by Crippen LogP contribution is -2.37. The summed E-state index contributed by atoms with van der Waals surface area (Å²) in [6, 6.07) is 0. The maximum absolute atomic E-state index is 12.4. The molecule has 1 aromatic heterocycles. The number of hydrogen-bond donors (Lipinski definition) is 2. The minimum atomic E-state index is -4.91. The van der Waals surface area contributed by atoms with Crippen molar-refractivity contribution in [1.29, 1.82) is 0 Å². The highest BCUT2D eigenvalue weighted by molar-refractivity contribution is 5.10. The van der Waals surface area contributed by atoms with Crippen molar-refractivity contribution >= 4 is 0 Å². The second kappa shape index (κ2) is 8.46. The molecule has 1 aliphatic heterocycles. The van der Waals surface area contributed by atoms with Crippen LogP contribution < -0.4 is 11.2 Å². The lowest BCUT2D eigenvalue weighted by molar-refractivity contribution is -0.262. The Morgan fingerprint density at radius 3 is 2.14 bits per heavy atom. The van der Waals surface area contributed by atoms with Gasteiger partial charge in [0.1, 0.15) is 19.3 Å². The van der Waals surface area contributed by atoms with Crippen LogP contribution in [-0.4, -0.2) is 52.9 Å². The summed E-state index contributed by atoms with van der Waals surface area (Å²) in [7, 11) is 0. The zero-order valence-corrected chi connectivity index (χ0v) is 13.8. The first-order chi connectivity index (χ1) is 12.9. The molecule has 0 bridgehead atoms. The molecule has 2 rings (SSSR count). The summed E-state index contributed by atoms with van der Waals surface area (Å²) in [5, 5.41) is 9.00. The number of ether oxygens (including phenoxy) is 3. The number of rotatable bonds is 7. The first kappa shape index (κ1) is 22.1. The maximum atomic E-state index is 12.4. The first-order valence-electron chi connectivity index (χ1n) is 7.56. The van der Waals surface area contributed by atoms with E-state index >= 15 is 0 Å². The number of aliphatic hydroxyl groups excluding tert-OH is 1. The molecule has 0 saturated heterocycles. The zero-order valence-electron chi connectivity index (χ0n) is 13.8. The van der Waals surface area contributed by atoms with Gasteiger partial charge in [0.25, 0.3) is 5.56 Å². The summed E-state index contributed by atoms with van der Waals surface area (Å²) >= 11 is 0. The largest absolute Gasteiger partial charge is 0.411 e. The van der Waals surface area contributed by atoms with Gasteiger partial charge in [0.15, 0.2) is 12.5 Å². The fourth-order valence-electron chi connectivity index (χ4n) is 2.18. The van der Waals surface area contributed by atoms with Crippen LogP contribution in [0.4, 0.5) is 26.3 Å². The molecular formula is C14H14F6N2O6. The second-order valence-electron chi connectivity index (χ2n) is 5.57. The van der Waals surface area contributed by atoms with Crippen molar-refractivity contribution in [2.75, 3.05) is 19.8 Å². The average molecular weight is 420 g/mol. The number of hydrogen-bond acceptors (Lipinski definition) is 6. The van der Waals surface area contributed by atoms with Gasteiger partial charge in [-0.2, -0.15) is 26.3 Å². The Bertz CT molecular complexity index is 796. The summed E-state index contributed by atoms with van der Waals surface area (Å²) < 4.78 is 88.8. The molecule has 14 heteroatoms. The summed E-state index contributed by atoms with van der Waals surface area (Å²) in [6.45, 7) is -4.44. The highest BCUT2D eigenvalue weighted by Gasteiger charge is 2.35. The van der Waals surface area contributed by atoms with Crippen LogP contribution in [0.2, 0.25) is 0 Å². The van der Waals surface area contributed by atoms with Gasteiger partial charge in [-0.25, -0.2) is 4.79 Å². The molecule has 8 nitrogen and oxygen atoms in total. The van der Waals surface area contributed by atoms with Gasteiger partial charge in [-0.1, -0.05) is 6.08 Å². The van der Waals surface area contributed by atoms with Crippen LogP contribution in [0.5, 0.6) is 0 Å². The topological polar surface area (TPSA) is 103 Å². The molecule has 1 aliphatic rings. The standard InChI is InChI=1S/C14H14F6N2O6/c15-13(16,17)5-26-11(27-6-14(18,19)20)8-3-22(12(25)21-10(8)24)9-2-1-7(4-23)28-9/h1-3,7,9,11,23H,4-6H2,(H,21,24,25)/t7-,9+/m1/s1. The van der Waals surface area contributed by atoms with Crippen LogP contribution in [0, 0.1) is 0 Å². The highest BCUT2D eigenvalue weighted by atomic mass is 19.4. The predicted octanol–water partition coefficient (Wildman–Crippen LogP) is 1.14. The van der Waals surface area contributed by atoms with E-state index in [1.54, 1.807) is 4.98 Å². The van der Waals surface area contributed by atoms with Gasteiger partial charge in [0, 0.05) is 6.20 Å². The molecule has 2 heterocycles. The van der Waals surface area contributed by atoms with Gasteiger partial charge in [-0.3, -0.25) is 14.3 Å². The third-order valence-corrected chi connectivity index (χ3v) is 3.30. The van der Waals surface area contributed by atoms with Crippen molar-refractivity contribution in [2.45, 2.75) is 31.0 Å². The molecule has 2 N–H and O–H groups in total. The van der Waals surface area contributed by atoms with Gasteiger partial charge in [-0.05, 0) is 6.08 Å². The van der Waals surface area contributed by atoms with E-state index in [-0.39, 0.29) is 0 Å². The number of H-pyrrole nitrogens is 1. The van der Waals surface area contributed by atoms with Crippen LogP contribution >= 0.6 is 0 Å². The second-order valence-corrected chi connectivity index (χ2v) is 5.57. The molecule has 0 amide bonds. The van der Waals surface area contributed by atoms with E-state index < -0.39 is 67.6 Å². The van der Waals surface area contributed by atoms with Crippen LogP contribution in [0.3, 0.4) is 0 Å². The van der Waals surface area contributed by atoms with Crippen molar-refractivity contribution in [3.05, 3.63) is 44.8 Å². The molecular weight excluding hydrogens is 406 g/mol. The number of aromatic amines is 1. The Labute approximate surface area is 151 Å². The molecule has 0 unspecified atom stereocenters. The van der Waals surface area contributed by atoms with Crippen LogP contribution in [0.1, 0.15) is 18.1 Å². The van der Waals surface area contributed by atoms with Gasteiger partial charge < -0.3 is 19.3 Å². The van der Waals surface area contributed by atoms with E-state index in [9.17, 15) is 35.9 Å². The van der Waals surface area contributed by atoms with Crippen molar-refractivity contribution in [3.8, 4) is 0 Å². The molecule has 0 saturated carbocycles. The Morgan fingerprint density at radius 2 is 1.68 bits per heavy atom. The molecule has 0 radical (unpaired) electrons. The average Bonchev–Trinajstić information content (AvgIpc) is 3.03. The zero-order chi connectivity index (χ0) is 21.1. The van der Waals surface area contributed by atoms with Crippen molar-refractivity contribution < 1.29 is 45.7 Å². The first-order valence-corrected chi connectivity index (χ1v) is 7.56. The van der Waals surface area contributed by atoms with Crippen molar-refractivity contribution in [1.82, 2.24) is 9.55 Å². The normalized spacial score (nSPS) is 20.3. The molecule has 0 aromatic carbocycles. The number of aromatic nitrogens is 2. The van der Waals surface area contributed by atoms with E-state index in [4.69, 9.17) is 9.84 Å². The summed E-state index contributed by atoms with van der Waals surface area (Å²) in [5.41, 5.74) is -3.15. The summed E-state index contributed by atoms with van der Waals surface area (Å²) in [4.78, 5) is 25.6. The molecule has 28 heavy (non-hydrogen) atoms. The SMILES string of the molecule is O=c1[nH]c(=O)n([C@@H]2C=C[C@H](CO)O2)cc1C(OCC(F)(F)F)OCC(F)(F)F. The van der Waals surface area contributed by atoms with Crippen LogP contribution in [0.25, 0.3) is 0 Å². The van der Waals surface area contributed by atoms with E-state index in [1.165, 1.54) is 12.2 Å². The molecule has 2 atom stereocenters. The quantitative estimate of drug-likeness (QED) is 0.390. The Balaban J connectivity index is 2.35. The summed E-state index contributed by atoms with van der Waals surface area (Å²) in [6.07, 6.45) is -10.8. The minimum Gasteiger partial charge on any atom is -0.393 e. The predicted molar refractivity (Wildman–Crippen MR) is 78.2 cm³/mol. The molecule has 0 spiro atoms. The third-order valence-electron chi connectivity index (χ3n) is 3.30. The Kier molecular flexibility index (Phi) is 6.69.